The average molecular weight is 287 g/mol. The Morgan fingerprint density at radius 3 is 2.90 bits per heavy atom. The number of nitrogens with zero attached hydrogens (tertiary/aromatic N) is 1. The number of hydrogen-bond acceptors (Lipinski definition) is 3. The van der Waals surface area contributed by atoms with E-state index in [0.717, 1.165) is 6.42 Å². The third-order valence-electron chi connectivity index (χ3n) is 4.00. The first kappa shape index (κ1) is 14.9. The fraction of sp³-hybridized carbons (Fsp3) is 0.400. The number of aliphatic carboxylic acids is 1. The van der Waals surface area contributed by atoms with Crippen LogP contribution in [0, 0.1) is 16.7 Å². The van der Waals surface area contributed by atoms with Crippen LogP contribution in [0.4, 0.5) is 10.5 Å². The molecule has 0 saturated heterocycles. The molecule has 1 fully saturated rings. The molecule has 0 aliphatic heterocycles. The van der Waals surface area contributed by atoms with Gasteiger partial charge in [0.05, 0.1) is 17.0 Å². The molecule has 2 unspecified atom stereocenters. The zero-order valence-corrected chi connectivity index (χ0v) is 11.7. The molecule has 1 aromatic carbocycles. The Balaban J connectivity index is 2.02. The van der Waals surface area contributed by atoms with Crippen molar-refractivity contribution < 1.29 is 14.7 Å². The van der Waals surface area contributed by atoms with Crippen molar-refractivity contribution >= 4 is 17.7 Å². The molecule has 1 aromatic rings. The predicted octanol–water partition coefficient (Wildman–Crippen LogP) is 2.32. The molecule has 3 N–H and O–H groups in total. The number of nitrogens with one attached hydrogen (secondary N) is 2. The van der Waals surface area contributed by atoms with Crippen molar-refractivity contribution in [3.8, 4) is 6.07 Å². The lowest BCUT2D eigenvalue weighted by Gasteiger charge is -2.27. The molecule has 1 aliphatic carbocycles. The van der Waals surface area contributed by atoms with Gasteiger partial charge in [-0.1, -0.05) is 12.5 Å². The van der Waals surface area contributed by atoms with Gasteiger partial charge in [-0.05, 0) is 38.0 Å². The predicted molar refractivity (Wildman–Crippen MR) is 76.7 cm³/mol. The number of carboxylic acids is 1. The molecule has 0 aromatic heterocycles. The van der Waals surface area contributed by atoms with Crippen molar-refractivity contribution in [2.75, 3.05) is 5.32 Å². The Bertz CT molecular complexity index is 608. The summed E-state index contributed by atoms with van der Waals surface area (Å²) in [4.78, 5) is 23.3. The summed E-state index contributed by atoms with van der Waals surface area (Å²) in [7, 11) is 0. The highest BCUT2D eigenvalue weighted by Crippen LogP contribution is 2.38. The van der Waals surface area contributed by atoms with E-state index in [2.05, 4.69) is 10.6 Å². The summed E-state index contributed by atoms with van der Waals surface area (Å²) in [6, 6.07) is 7.69. The summed E-state index contributed by atoms with van der Waals surface area (Å²) >= 11 is 0. The van der Waals surface area contributed by atoms with Crippen LogP contribution in [-0.2, 0) is 4.79 Å². The number of anilines is 1. The second-order valence-corrected chi connectivity index (χ2v) is 5.46. The molecule has 2 amide bonds. The first-order valence-corrected chi connectivity index (χ1v) is 6.77. The number of hydrogen-bond donors (Lipinski definition) is 3. The van der Waals surface area contributed by atoms with E-state index in [-0.39, 0.29) is 0 Å². The summed E-state index contributed by atoms with van der Waals surface area (Å²) < 4.78 is 0. The minimum atomic E-state index is -0.925. The Hall–Kier alpha value is -2.55. The first-order chi connectivity index (χ1) is 9.95. The van der Waals surface area contributed by atoms with E-state index in [0.29, 0.717) is 24.1 Å². The number of urea groups is 1. The number of nitriles is 1. The largest absolute Gasteiger partial charge is 0.481 e. The van der Waals surface area contributed by atoms with Crippen LogP contribution < -0.4 is 10.6 Å². The number of carboxylic acid groups (broad SMARTS) is 1. The zero-order valence-electron chi connectivity index (χ0n) is 11.7. The summed E-state index contributed by atoms with van der Waals surface area (Å²) in [6.45, 7) is 1.66. The Morgan fingerprint density at radius 2 is 2.24 bits per heavy atom. The van der Waals surface area contributed by atoms with E-state index in [1.54, 1.807) is 31.2 Å². The number of benzene rings is 1. The molecular formula is C15H17N3O3. The summed E-state index contributed by atoms with van der Waals surface area (Å²) in [6.07, 6.45) is 1.98. The maximum Gasteiger partial charge on any atom is 0.319 e. The van der Waals surface area contributed by atoms with Crippen LogP contribution in [0.15, 0.2) is 24.3 Å². The van der Waals surface area contributed by atoms with Crippen molar-refractivity contribution in [3.05, 3.63) is 29.8 Å². The van der Waals surface area contributed by atoms with Gasteiger partial charge < -0.3 is 15.7 Å². The van der Waals surface area contributed by atoms with Crippen LogP contribution in [0.1, 0.15) is 31.7 Å². The van der Waals surface area contributed by atoms with Crippen LogP contribution in [-0.4, -0.2) is 23.1 Å². The molecule has 0 radical (unpaired) electrons. The maximum atomic E-state index is 12.0. The van der Waals surface area contributed by atoms with Gasteiger partial charge in [0.25, 0.3) is 0 Å². The van der Waals surface area contributed by atoms with Gasteiger partial charge in [0.1, 0.15) is 0 Å². The van der Waals surface area contributed by atoms with E-state index < -0.39 is 23.5 Å². The zero-order chi connectivity index (χ0) is 15.5. The number of carbonyl (C=O) groups excluding carboxylic acids is 1. The van der Waals surface area contributed by atoms with E-state index in [9.17, 15) is 14.7 Å². The molecule has 0 bridgehead atoms. The van der Waals surface area contributed by atoms with Crippen molar-refractivity contribution in [2.24, 2.45) is 5.41 Å². The highest BCUT2D eigenvalue weighted by molar-refractivity contribution is 5.90. The standard InChI is InChI=1S/C15H17N3O3/c1-15(13(19)20)7-3-6-12(15)18-14(21)17-11-5-2-4-10(8-11)9-16/h2,4-5,8,12H,3,6-7H2,1H3,(H,19,20)(H2,17,18,21). The summed E-state index contributed by atoms with van der Waals surface area (Å²) in [5, 5.41) is 23.5. The Labute approximate surface area is 122 Å². The van der Waals surface area contributed by atoms with Crippen LogP contribution in [0.3, 0.4) is 0 Å². The normalized spacial score (nSPS) is 24.1. The molecule has 1 saturated carbocycles. The summed E-state index contributed by atoms with van der Waals surface area (Å²) in [5.74, 6) is -0.892. The van der Waals surface area contributed by atoms with Gasteiger partial charge in [0.2, 0.25) is 0 Å². The lowest BCUT2D eigenvalue weighted by molar-refractivity contribution is -0.148. The Morgan fingerprint density at radius 1 is 1.48 bits per heavy atom. The molecule has 0 heterocycles. The van der Waals surface area contributed by atoms with Crippen molar-refractivity contribution in [3.63, 3.8) is 0 Å². The molecule has 2 atom stereocenters. The van der Waals surface area contributed by atoms with E-state index >= 15 is 0 Å². The van der Waals surface area contributed by atoms with Gasteiger partial charge in [0, 0.05) is 11.7 Å². The fourth-order valence-corrected chi connectivity index (χ4v) is 2.65. The number of carbonyl (C=O) groups is 2. The van der Waals surface area contributed by atoms with E-state index in [1.807, 2.05) is 6.07 Å². The second-order valence-electron chi connectivity index (χ2n) is 5.46. The van der Waals surface area contributed by atoms with Crippen LogP contribution >= 0.6 is 0 Å². The number of amides is 2. The van der Waals surface area contributed by atoms with Crippen molar-refractivity contribution in [2.45, 2.75) is 32.2 Å². The molecule has 2 rings (SSSR count). The van der Waals surface area contributed by atoms with Gasteiger partial charge in [-0.2, -0.15) is 5.26 Å². The van der Waals surface area contributed by atoms with Gasteiger partial charge in [-0.3, -0.25) is 4.79 Å². The molecule has 1 aliphatic rings. The van der Waals surface area contributed by atoms with E-state index in [4.69, 9.17) is 5.26 Å². The topological polar surface area (TPSA) is 102 Å². The number of rotatable bonds is 3. The SMILES string of the molecule is CC1(C(=O)O)CCCC1NC(=O)Nc1cccc(C#N)c1. The van der Waals surface area contributed by atoms with E-state index in [1.165, 1.54) is 0 Å². The Kier molecular flexibility index (Phi) is 4.13. The smallest absolute Gasteiger partial charge is 0.319 e. The van der Waals surface area contributed by atoms with Crippen LogP contribution in [0.2, 0.25) is 0 Å². The lowest BCUT2D eigenvalue weighted by Crippen LogP contribution is -2.48. The van der Waals surface area contributed by atoms with Crippen molar-refractivity contribution in [1.82, 2.24) is 5.32 Å². The molecule has 6 heteroatoms. The molecule has 110 valence electrons. The van der Waals surface area contributed by atoms with Gasteiger partial charge in [0.15, 0.2) is 0 Å². The third-order valence-corrected chi connectivity index (χ3v) is 4.00. The van der Waals surface area contributed by atoms with Crippen molar-refractivity contribution in [1.29, 1.82) is 5.26 Å². The average Bonchev–Trinajstić information content (AvgIpc) is 2.81. The van der Waals surface area contributed by atoms with Crippen LogP contribution in [0.5, 0.6) is 0 Å². The van der Waals surface area contributed by atoms with Gasteiger partial charge >= 0.3 is 12.0 Å². The monoisotopic (exact) mass is 287 g/mol. The van der Waals surface area contributed by atoms with Gasteiger partial charge in [-0.15, -0.1) is 0 Å². The van der Waals surface area contributed by atoms with Crippen LogP contribution in [0.25, 0.3) is 0 Å². The first-order valence-electron chi connectivity index (χ1n) is 6.77. The quantitative estimate of drug-likeness (QED) is 0.793. The molecule has 0 spiro atoms. The fourth-order valence-electron chi connectivity index (χ4n) is 2.65. The highest BCUT2D eigenvalue weighted by atomic mass is 16.4. The molecular weight excluding hydrogens is 270 g/mol. The second kappa shape index (κ2) is 5.83. The minimum absolute atomic E-state index is 0.394. The lowest BCUT2D eigenvalue weighted by atomic mass is 9.85. The van der Waals surface area contributed by atoms with Gasteiger partial charge in [-0.25, -0.2) is 4.79 Å². The highest BCUT2D eigenvalue weighted by Gasteiger charge is 2.45. The molecule has 21 heavy (non-hydrogen) atoms. The summed E-state index contributed by atoms with van der Waals surface area (Å²) in [5.41, 5.74) is 0.0249. The minimum Gasteiger partial charge on any atom is -0.481 e. The third kappa shape index (κ3) is 3.14. The maximum absolute atomic E-state index is 12.0. The molecule has 6 nitrogen and oxygen atoms in total.